The van der Waals surface area contributed by atoms with Crippen LogP contribution in [0.4, 0.5) is 4.79 Å². The lowest BCUT2D eigenvalue weighted by Gasteiger charge is -2.46. The predicted molar refractivity (Wildman–Crippen MR) is 100 cm³/mol. The molecular formula is C19H20BrN3O4. The number of hydrogen-bond donors (Lipinski definition) is 2. The molecule has 7 nitrogen and oxygen atoms in total. The maximum atomic E-state index is 12.8. The molecule has 0 radical (unpaired) electrons. The Morgan fingerprint density at radius 1 is 1.30 bits per heavy atom. The summed E-state index contributed by atoms with van der Waals surface area (Å²) in [6.45, 7) is 2.72. The minimum Gasteiger partial charge on any atom is -0.456 e. The lowest BCUT2D eigenvalue weighted by molar-refractivity contribution is -0.136. The quantitative estimate of drug-likeness (QED) is 0.710. The van der Waals surface area contributed by atoms with Crippen LogP contribution < -0.4 is 10.6 Å². The molecule has 3 atom stereocenters. The van der Waals surface area contributed by atoms with Gasteiger partial charge in [-0.3, -0.25) is 10.1 Å². The third kappa shape index (κ3) is 3.01. The van der Waals surface area contributed by atoms with E-state index in [0.717, 1.165) is 22.9 Å². The van der Waals surface area contributed by atoms with Gasteiger partial charge in [0.25, 0.3) is 0 Å². The van der Waals surface area contributed by atoms with Gasteiger partial charge in [-0.05, 0) is 24.1 Å². The second-order valence-electron chi connectivity index (χ2n) is 6.96. The normalized spacial score (nSPS) is 27.0. The molecule has 1 fully saturated rings. The van der Waals surface area contributed by atoms with Crippen molar-refractivity contribution in [2.24, 2.45) is 5.92 Å². The highest BCUT2D eigenvalue weighted by Crippen LogP contribution is 2.44. The van der Waals surface area contributed by atoms with Gasteiger partial charge in [-0.2, -0.15) is 0 Å². The van der Waals surface area contributed by atoms with Crippen LogP contribution in [0.15, 0.2) is 40.0 Å². The second kappa shape index (κ2) is 6.99. The number of halogens is 1. The number of carbonyl (C=O) groups excluding carboxylic acids is 3. The van der Waals surface area contributed by atoms with Crippen LogP contribution in [0.25, 0.3) is 0 Å². The first-order valence-corrected chi connectivity index (χ1v) is 9.84. The van der Waals surface area contributed by atoms with E-state index in [1.165, 1.54) is 0 Å². The Morgan fingerprint density at radius 2 is 2.11 bits per heavy atom. The van der Waals surface area contributed by atoms with Gasteiger partial charge < -0.3 is 15.0 Å². The van der Waals surface area contributed by atoms with Gasteiger partial charge in [-0.15, -0.1) is 0 Å². The summed E-state index contributed by atoms with van der Waals surface area (Å²) in [7, 11) is 0. The average molecular weight is 434 g/mol. The largest absolute Gasteiger partial charge is 0.456 e. The van der Waals surface area contributed by atoms with E-state index in [1.807, 2.05) is 31.2 Å². The van der Waals surface area contributed by atoms with Gasteiger partial charge >= 0.3 is 12.0 Å². The predicted octanol–water partition coefficient (Wildman–Crippen LogP) is 2.24. The van der Waals surface area contributed by atoms with Crippen LogP contribution in [0, 0.1) is 5.92 Å². The van der Waals surface area contributed by atoms with Crippen LogP contribution in [0.5, 0.6) is 0 Å². The van der Waals surface area contributed by atoms with Crippen molar-refractivity contribution in [3.8, 4) is 0 Å². The Morgan fingerprint density at radius 3 is 2.85 bits per heavy atom. The van der Waals surface area contributed by atoms with Crippen molar-refractivity contribution in [1.29, 1.82) is 0 Å². The SMILES string of the molecule is CCCCN1C(=O)NC(=O)C2C(c3cccc(Br)c3)C3=C(COC3=O)NC21. The number of urea groups is 1. The van der Waals surface area contributed by atoms with Gasteiger partial charge in [0.2, 0.25) is 5.91 Å². The maximum Gasteiger partial charge on any atom is 0.336 e. The molecule has 2 N–H and O–H groups in total. The summed E-state index contributed by atoms with van der Waals surface area (Å²) in [5.41, 5.74) is 1.98. The molecule has 1 saturated heterocycles. The van der Waals surface area contributed by atoms with Crippen molar-refractivity contribution in [3.05, 3.63) is 45.6 Å². The fourth-order valence-corrected chi connectivity index (χ4v) is 4.49. The van der Waals surface area contributed by atoms with Crippen molar-refractivity contribution < 1.29 is 19.1 Å². The third-order valence-corrected chi connectivity index (χ3v) is 5.81. The van der Waals surface area contributed by atoms with Crippen molar-refractivity contribution in [1.82, 2.24) is 15.5 Å². The van der Waals surface area contributed by atoms with E-state index in [-0.39, 0.29) is 12.5 Å². The Kier molecular flexibility index (Phi) is 4.67. The number of amides is 3. The zero-order valence-corrected chi connectivity index (χ0v) is 16.4. The number of nitrogens with zero attached hydrogens (tertiary/aromatic N) is 1. The first-order valence-electron chi connectivity index (χ1n) is 9.05. The van der Waals surface area contributed by atoms with Crippen LogP contribution in [0.1, 0.15) is 31.2 Å². The lowest BCUT2D eigenvalue weighted by atomic mass is 9.74. The first kappa shape index (κ1) is 18.0. The number of ether oxygens (including phenoxy) is 1. The summed E-state index contributed by atoms with van der Waals surface area (Å²) >= 11 is 3.46. The lowest BCUT2D eigenvalue weighted by Crippen LogP contribution is -2.67. The van der Waals surface area contributed by atoms with Gasteiger partial charge in [0.15, 0.2) is 0 Å². The monoisotopic (exact) mass is 433 g/mol. The minimum absolute atomic E-state index is 0.138. The van der Waals surface area contributed by atoms with Gasteiger partial charge in [-0.25, -0.2) is 9.59 Å². The molecule has 8 heteroatoms. The van der Waals surface area contributed by atoms with Crippen LogP contribution in [0.2, 0.25) is 0 Å². The molecule has 1 aromatic rings. The van der Waals surface area contributed by atoms with Gasteiger partial charge in [0, 0.05) is 16.9 Å². The highest BCUT2D eigenvalue weighted by molar-refractivity contribution is 9.10. The molecule has 0 spiro atoms. The Hall–Kier alpha value is -2.35. The Balaban J connectivity index is 1.82. The van der Waals surface area contributed by atoms with E-state index in [4.69, 9.17) is 4.74 Å². The number of nitrogens with one attached hydrogen (secondary N) is 2. The number of fused-ring (bicyclic) bond motifs is 1. The summed E-state index contributed by atoms with van der Waals surface area (Å²) in [6.07, 6.45) is 1.25. The molecule has 27 heavy (non-hydrogen) atoms. The van der Waals surface area contributed by atoms with E-state index in [2.05, 4.69) is 26.6 Å². The highest BCUT2D eigenvalue weighted by Gasteiger charge is 2.53. The van der Waals surface area contributed by atoms with Crippen molar-refractivity contribution >= 4 is 33.8 Å². The molecule has 3 unspecified atom stereocenters. The number of hydrogen-bond acceptors (Lipinski definition) is 5. The molecule has 1 aromatic carbocycles. The van der Waals surface area contributed by atoms with Gasteiger partial charge in [0.05, 0.1) is 17.2 Å². The maximum absolute atomic E-state index is 12.8. The fraction of sp³-hybridized carbons (Fsp3) is 0.421. The molecule has 3 aliphatic heterocycles. The molecule has 0 bridgehead atoms. The third-order valence-electron chi connectivity index (χ3n) is 5.31. The number of cyclic esters (lactones) is 1. The summed E-state index contributed by atoms with van der Waals surface area (Å²) in [4.78, 5) is 39.4. The van der Waals surface area contributed by atoms with Gasteiger partial charge in [0.1, 0.15) is 12.8 Å². The fourth-order valence-electron chi connectivity index (χ4n) is 4.08. The molecule has 3 amide bonds. The summed E-state index contributed by atoms with van der Waals surface area (Å²) < 4.78 is 6.10. The Bertz CT molecular complexity index is 853. The molecule has 3 heterocycles. The van der Waals surface area contributed by atoms with Crippen molar-refractivity contribution in [2.45, 2.75) is 31.8 Å². The van der Waals surface area contributed by atoms with Crippen LogP contribution in [-0.2, 0) is 14.3 Å². The molecular weight excluding hydrogens is 414 g/mol. The van der Waals surface area contributed by atoms with Crippen molar-refractivity contribution in [2.75, 3.05) is 13.2 Å². The highest BCUT2D eigenvalue weighted by atomic mass is 79.9. The minimum atomic E-state index is -0.613. The smallest absolute Gasteiger partial charge is 0.336 e. The second-order valence-corrected chi connectivity index (χ2v) is 7.87. The molecule has 142 valence electrons. The number of unbranched alkanes of at least 4 members (excludes halogenated alkanes) is 1. The summed E-state index contributed by atoms with van der Waals surface area (Å²) in [6, 6.07) is 7.17. The van der Waals surface area contributed by atoms with Crippen molar-refractivity contribution in [3.63, 3.8) is 0 Å². The number of carbonyl (C=O) groups is 3. The van der Waals surface area contributed by atoms with E-state index in [0.29, 0.717) is 17.8 Å². The van der Waals surface area contributed by atoms with E-state index in [1.54, 1.807) is 4.90 Å². The number of rotatable bonds is 4. The van der Waals surface area contributed by atoms with Gasteiger partial charge in [-0.1, -0.05) is 41.4 Å². The average Bonchev–Trinajstić information content (AvgIpc) is 3.00. The zero-order chi connectivity index (χ0) is 19.1. The standard InChI is InChI=1S/C19H20BrN3O4/c1-2-3-7-23-16-15(17(24)22-19(23)26)13(10-5-4-6-11(20)8-10)14-12(21-16)9-27-18(14)25/h4-6,8,13,15-16,21H,2-3,7,9H2,1H3,(H,22,24,26). The number of esters is 1. The van der Waals surface area contributed by atoms with Crippen LogP contribution >= 0.6 is 15.9 Å². The topological polar surface area (TPSA) is 87.7 Å². The zero-order valence-electron chi connectivity index (χ0n) is 14.8. The van der Waals surface area contributed by atoms with E-state index >= 15 is 0 Å². The van der Waals surface area contributed by atoms with E-state index in [9.17, 15) is 14.4 Å². The number of imide groups is 1. The molecule has 0 aliphatic carbocycles. The molecule has 0 aromatic heterocycles. The first-order chi connectivity index (χ1) is 13.0. The van der Waals surface area contributed by atoms with Crippen LogP contribution in [-0.4, -0.2) is 42.1 Å². The molecule has 3 aliphatic rings. The summed E-state index contributed by atoms with van der Waals surface area (Å²) in [5, 5.41) is 5.72. The number of benzene rings is 1. The van der Waals surface area contributed by atoms with E-state index < -0.39 is 30.0 Å². The molecule has 0 saturated carbocycles. The summed E-state index contributed by atoms with van der Waals surface area (Å²) in [5.74, 6) is -1.87. The van der Waals surface area contributed by atoms with Crippen LogP contribution in [0.3, 0.4) is 0 Å². The Labute approximate surface area is 165 Å². The molecule has 4 rings (SSSR count).